The Balaban J connectivity index is 1.24. The maximum absolute atomic E-state index is 12.7. The summed E-state index contributed by atoms with van der Waals surface area (Å²) in [4.78, 5) is 31.1. The molecule has 7 nitrogen and oxygen atoms in total. The van der Waals surface area contributed by atoms with Crippen molar-refractivity contribution in [3.63, 3.8) is 0 Å². The van der Waals surface area contributed by atoms with E-state index in [0.717, 1.165) is 31.2 Å². The number of hydrogen-bond donors (Lipinski definition) is 0. The Morgan fingerprint density at radius 2 is 1.54 bits per heavy atom. The Morgan fingerprint density at radius 1 is 0.857 bits per heavy atom. The molecule has 3 fully saturated rings. The summed E-state index contributed by atoms with van der Waals surface area (Å²) in [6.45, 7) is 4.41. The zero-order valence-corrected chi connectivity index (χ0v) is 16.7. The maximum atomic E-state index is 12.7. The van der Waals surface area contributed by atoms with Crippen molar-refractivity contribution in [2.24, 2.45) is 5.92 Å². The van der Waals surface area contributed by atoms with E-state index in [0.29, 0.717) is 38.3 Å². The van der Waals surface area contributed by atoms with Crippen LogP contribution in [-0.4, -0.2) is 71.1 Å². The predicted molar refractivity (Wildman–Crippen MR) is 107 cm³/mol. The number of rotatable bonds is 5. The molecule has 2 amide bonds. The SMILES string of the molecule is O=C(CCC1CCCC1)N1CCN(C(=O)c2ccc(N3CCCC3)nn2)CC1. The minimum atomic E-state index is -0.0847. The summed E-state index contributed by atoms with van der Waals surface area (Å²) in [5, 5.41) is 8.41. The van der Waals surface area contributed by atoms with Crippen molar-refractivity contribution in [2.75, 3.05) is 44.2 Å². The average Bonchev–Trinajstić information content (AvgIpc) is 3.46. The highest BCUT2D eigenvalue weighted by atomic mass is 16.2. The van der Waals surface area contributed by atoms with Crippen LogP contribution < -0.4 is 4.90 Å². The zero-order valence-electron chi connectivity index (χ0n) is 16.7. The summed E-state index contributed by atoms with van der Waals surface area (Å²) in [5.41, 5.74) is 0.393. The summed E-state index contributed by atoms with van der Waals surface area (Å²) in [5.74, 6) is 1.76. The number of carbonyl (C=O) groups excluding carboxylic acids is 2. The summed E-state index contributed by atoms with van der Waals surface area (Å²) < 4.78 is 0. The Labute approximate surface area is 167 Å². The van der Waals surface area contributed by atoms with Gasteiger partial charge >= 0.3 is 0 Å². The molecule has 0 spiro atoms. The van der Waals surface area contributed by atoms with E-state index in [9.17, 15) is 9.59 Å². The Kier molecular flexibility index (Phi) is 6.07. The van der Waals surface area contributed by atoms with Gasteiger partial charge in [0, 0.05) is 45.7 Å². The van der Waals surface area contributed by atoms with Gasteiger partial charge in [0.1, 0.15) is 0 Å². The van der Waals surface area contributed by atoms with E-state index in [2.05, 4.69) is 15.1 Å². The molecule has 0 bridgehead atoms. The summed E-state index contributed by atoms with van der Waals surface area (Å²) >= 11 is 0. The molecule has 1 aromatic rings. The molecule has 2 saturated heterocycles. The lowest BCUT2D eigenvalue weighted by Gasteiger charge is -2.34. The molecular weight excluding hydrogens is 354 g/mol. The highest BCUT2D eigenvalue weighted by Gasteiger charge is 2.26. The summed E-state index contributed by atoms with van der Waals surface area (Å²) in [7, 11) is 0. The number of amides is 2. The first-order valence-corrected chi connectivity index (χ1v) is 10.9. The van der Waals surface area contributed by atoms with E-state index < -0.39 is 0 Å². The fraction of sp³-hybridized carbons (Fsp3) is 0.714. The molecule has 152 valence electrons. The van der Waals surface area contributed by atoms with Crippen molar-refractivity contribution in [3.8, 4) is 0 Å². The molecular formula is C21H31N5O2. The first kappa shape index (κ1) is 19.2. The van der Waals surface area contributed by atoms with Crippen LogP contribution in [-0.2, 0) is 4.79 Å². The molecule has 1 saturated carbocycles. The van der Waals surface area contributed by atoms with Gasteiger partial charge in [0.05, 0.1) is 0 Å². The van der Waals surface area contributed by atoms with Gasteiger partial charge in [-0.1, -0.05) is 25.7 Å². The third-order valence-electron chi connectivity index (χ3n) is 6.46. The smallest absolute Gasteiger partial charge is 0.274 e. The minimum absolute atomic E-state index is 0.0847. The largest absolute Gasteiger partial charge is 0.355 e. The molecule has 7 heteroatoms. The first-order valence-electron chi connectivity index (χ1n) is 10.9. The van der Waals surface area contributed by atoms with Crippen LogP contribution in [0, 0.1) is 5.92 Å². The topological polar surface area (TPSA) is 69.6 Å². The average molecular weight is 386 g/mol. The van der Waals surface area contributed by atoms with Gasteiger partial charge < -0.3 is 14.7 Å². The van der Waals surface area contributed by atoms with Crippen molar-refractivity contribution < 1.29 is 9.59 Å². The van der Waals surface area contributed by atoms with Crippen molar-refractivity contribution in [2.45, 2.75) is 51.4 Å². The van der Waals surface area contributed by atoms with Gasteiger partial charge in [-0.15, -0.1) is 10.2 Å². The van der Waals surface area contributed by atoms with Crippen LogP contribution in [0.2, 0.25) is 0 Å². The highest BCUT2D eigenvalue weighted by molar-refractivity contribution is 5.92. The standard InChI is InChI=1S/C21H31N5O2/c27-20(10-7-17-5-1-2-6-17)25-13-15-26(16-14-25)21(28)18-8-9-19(23-22-18)24-11-3-4-12-24/h8-9,17H,1-7,10-16H2. The molecule has 1 aliphatic carbocycles. The Morgan fingerprint density at radius 3 is 2.18 bits per heavy atom. The maximum Gasteiger partial charge on any atom is 0.274 e. The highest BCUT2D eigenvalue weighted by Crippen LogP contribution is 2.28. The van der Waals surface area contributed by atoms with Gasteiger partial charge in [0.2, 0.25) is 5.91 Å². The van der Waals surface area contributed by atoms with Gasteiger partial charge in [0.15, 0.2) is 11.5 Å². The molecule has 0 atom stereocenters. The number of nitrogens with zero attached hydrogens (tertiary/aromatic N) is 5. The quantitative estimate of drug-likeness (QED) is 0.778. The summed E-state index contributed by atoms with van der Waals surface area (Å²) in [6.07, 6.45) is 9.26. The molecule has 3 aliphatic rings. The van der Waals surface area contributed by atoms with Gasteiger partial charge in [-0.25, -0.2) is 0 Å². The summed E-state index contributed by atoms with van der Waals surface area (Å²) in [6, 6.07) is 3.68. The molecule has 0 aromatic carbocycles. The fourth-order valence-electron chi connectivity index (χ4n) is 4.66. The fourth-order valence-corrected chi connectivity index (χ4v) is 4.66. The third-order valence-corrected chi connectivity index (χ3v) is 6.46. The number of piperazine rings is 1. The number of aromatic nitrogens is 2. The van der Waals surface area contributed by atoms with Crippen LogP contribution in [0.3, 0.4) is 0 Å². The first-order chi connectivity index (χ1) is 13.7. The molecule has 0 unspecified atom stereocenters. The van der Waals surface area contributed by atoms with Crippen LogP contribution in [0.1, 0.15) is 61.9 Å². The third kappa shape index (κ3) is 4.45. The van der Waals surface area contributed by atoms with Crippen LogP contribution in [0.15, 0.2) is 12.1 Å². The van der Waals surface area contributed by atoms with E-state index in [1.54, 1.807) is 11.0 Å². The van der Waals surface area contributed by atoms with Crippen LogP contribution in [0.4, 0.5) is 5.82 Å². The minimum Gasteiger partial charge on any atom is -0.355 e. The number of anilines is 1. The molecule has 4 rings (SSSR count). The normalized spacial score (nSPS) is 20.8. The van der Waals surface area contributed by atoms with Gasteiger partial charge in [-0.2, -0.15) is 0 Å². The van der Waals surface area contributed by atoms with Gasteiger partial charge in [-0.05, 0) is 37.3 Å². The van der Waals surface area contributed by atoms with Crippen molar-refractivity contribution in [1.29, 1.82) is 0 Å². The zero-order chi connectivity index (χ0) is 19.3. The van der Waals surface area contributed by atoms with E-state index in [1.165, 1.54) is 38.5 Å². The molecule has 3 heterocycles. The van der Waals surface area contributed by atoms with Gasteiger partial charge in [0.25, 0.3) is 5.91 Å². The molecule has 1 aromatic heterocycles. The van der Waals surface area contributed by atoms with E-state index >= 15 is 0 Å². The number of carbonyl (C=O) groups is 2. The van der Waals surface area contributed by atoms with Crippen molar-refractivity contribution in [1.82, 2.24) is 20.0 Å². The lowest BCUT2D eigenvalue weighted by Crippen LogP contribution is -2.50. The monoisotopic (exact) mass is 385 g/mol. The van der Waals surface area contributed by atoms with E-state index in [4.69, 9.17) is 0 Å². The molecule has 0 N–H and O–H groups in total. The van der Waals surface area contributed by atoms with Crippen LogP contribution in [0.5, 0.6) is 0 Å². The Hall–Kier alpha value is -2.18. The van der Waals surface area contributed by atoms with Crippen molar-refractivity contribution in [3.05, 3.63) is 17.8 Å². The van der Waals surface area contributed by atoms with E-state index in [1.807, 2.05) is 11.0 Å². The van der Waals surface area contributed by atoms with E-state index in [-0.39, 0.29) is 11.8 Å². The molecule has 2 aliphatic heterocycles. The second-order valence-corrected chi connectivity index (χ2v) is 8.33. The second-order valence-electron chi connectivity index (χ2n) is 8.33. The van der Waals surface area contributed by atoms with Gasteiger partial charge in [-0.3, -0.25) is 9.59 Å². The lowest BCUT2D eigenvalue weighted by molar-refractivity contribution is -0.133. The second kappa shape index (κ2) is 8.88. The molecule has 28 heavy (non-hydrogen) atoms. The number of hydrogen-bond acceptors (Lipinski definition) is 5. The van der Waals surface area contributed by atoms with Crippen LogP contribution >= 0.6 is 0 Å². The van der Waals surface area contributed by atoms with Crippen LogP contribution in [0.25, 0.3) is 0 Å². The Bertz CT molecular complexity index is 673. The lowest BCUT2D eigenvalue weighted by atomic mass is 10.0. The van der Waals surface area contributed by atoms with Crippen molar-refractivity contribution >= 4 is 17.6 Å². The molecule has 0 radical (unpaired) electrons. The predicted octanol–water partition coefficient (Wildman–Crippen LogP) is 2.33.